The zero-order valence-electron chi connectivity index (χ0n) is 10.0. The first-order valence-corrected chi connectivity index (χ1v) is 6.85. The second kappa shape index (κ2) is 5.17. The van der Waals surface area contributed by atoms with Gasteiger partial charge in [0.05, 0.1) is 0 Å². The topological polar surface area (TPSA) is 42.0 Å². The molecule has 0 aromatic carbocycles. The number of aromatic nitrogens is 1. The molecule has 1 heterocycles. The van der Waals surface area contributed by atoms with Crippen LogP contribution >= 0.6 is 15.9 Å². The molecule has 1 fully saturated rings. The molecule has 1 N–H and O–H groups in total. The maximum Gasteiger partial charge on any atom is 0.269 e. The van der Waals surface area contributed by atoms with Gasteiger partial charge in [-0.15, -0.1) is 0 Å². The van der Waals surface area contributed by atoms with E-state index in [1.165, 1.54) is 19.3 Å². The molecule has 3 nitrogen and oxygen atoms in total. The summed E-state index contributed by atoms with van der Waals surface area (Å²) in [5.74, 6) is -0.0778. The van der Waals surface area contributed by atoms with Crippen LogP contribution < -0.4 is 5.32 Å². The van der Waals surface area contributed by atoms with E-state index in [2.05, 4.69) is 33.2 Å². The number of nitrogens with zero attached hydrogens (tertiary/aromatic N) is 1. The Hall–Kier alpha value is -0.900. The quantitative estimate of drug-likeness (QED) is 0.867. The van der Waals surface area contributed by atoms with E-state index in [4.69, 9.17) is 0 Å². The van der Waals surface area contributed by atoms with Gasteiger partial charge >= 0.3 is 0 Å². The Morgan fingerprint density at radius 2 is 2.29 bits per heavy atom. The normalized spacial score (nSPS) is 17.3. The van der Waals surface area contributed by atoms with Crippen LogP contribution in [0.2, 0.25) is 0 Å². The summed E-state index contributed by atoms with van der Waals surface area (Å²) in [4.78, 5) is 16.1. The predicted octanol–water partition coefficient (Wildman–Crippen LogP) is 3.15. The van der Waals surface area contributed by atoms with E-state index < -0.39 is 0 Å². The SMILES string of the molecule is CCC1(CNC(=O)c2cccc(Br)n2)CCC1. The summed E-state index contributed by atoms with van der Waals surface area (Å²) in [5, 5.41) is 3.00. The molecule has 4 heteroatoms. The third-order valence-corrected chi connectivity index (χ3v) is 4.18. The van der Waals surface area contributed by atoms with E-state index in [-0.39, 0.29) is 5.91 Å². The Balaban J connectivity index is 1.93. The molecule has 0 saturated heterocycles. The second-order valence-corrected chi connectivity index (χ2v) is 5.55. The number of carbonyl (C=O) groups excluding carboxylic acids is 1. The van der Waals surface area contributed by atoms with Crippen LogP contribution in [0, 0.1) is 5.41 Å². The van der Waals surface area contributed by atoms with E-state index in [9.17, 15) is 4.79 Å². The molecule has 1 aromatic heterocycles. The van der Waals surface area contributed by atoms with Crippen LogP contribution in [0.25, 0.3) is 0 Å². The zero-order valence-corrected chi connectivity index (χ0v) is 11.6. The van der Waals surface area contributed by atoms with Gasteiger partial charge in [-0.2, -0.15) is 0 Å². The van der Waals surface area contributed by atoms with Crippen molar-refractivity contribution < 1.29 is 4.79 Å². The molecule has 2 rings (SSSR count). The molecule has 17 heavy (non-hydrogen) atoms. The van der Waals surface area contributed by atoms with Crippen LogP contribution in [0.3, 0.4) is 0 Å². The Kier molecular flexibility index (Phi) is 3.82. The van der Waals surface area contributed by atoms with Crippen molar-refractivity contribution in [3.63, 3.8) is 0 Å². The van der Waals surface area contributed by atoms with E-state index in [0.717, 1.165) is 13.0 Å². The lowest BCUT2D eigenvalue weighted by atomic mass is 9.67. The standard InChI is InChI=1S/C13H17BrN2O/c1-2-13(7-4-8-13)9-15-12(17)10-5-3-6-11(14)16-10/h3,5-6H,2,4,7-9H2,1H3,(H,15,17). The first kappa shape index (κ1) is 12.6. The molecule has 0 radical (unpaired) electrons. The Labute approximate surface area is 110 Å². The number of hydrogen-bond donors (Lipinski definition) is 1. The van der Waals surface area contributed by atoms with Gasteiger partial charge < -0.3 is 5.32 Å². The molecule has 1 amide bonds. The fourth-order valence-electron chi connectivity index (χ4n) is 2.23. The molecule has 1 aliphatic carbocycles. The highest BCUT2D eigenvalue weighted by Gasteiger charge is 2.35. The van der Waals surface area contributed by atoms with Crippen molar-refractivity contribution in [3.05, 3.63) is 28.5 Å². The molecule has 1 aliphatic rings. The summed E-state index contributed by atoms with van der Waals surface area (Å²) in [6.07, 6.45) is 4.89. The van der Waals surface area contributed by atoms with Gasteiger partial charge in [0.25, 0.3) is 5.91 Å². The third-order valence-electron chi connectivity index (χ3n) is 3.74. The molecule has 1 saturated carbocycles. The van der Waals surface area contributed by atoms with Gasteiger partial charge in [-0.3, -0.25) is 4.79 Å². The summed E-state index contributed by atoms with van der Waals surface area (Å²) in [5.41, 5.74) is 0.826. The van der Waals surface area contributed by atoms with Crippen molar-refractivity contribution in [1.29, 1.82) is 0 Å². The monoisotopic (exact) mass is 296 g/mol. The first-order valence-electron chi connectivity index (χ1n) is 6.06. The van der Waals surface area contributed by atoms with E-state index in [1.807, 2.05) is 12.1 Å². The lowest BCUT2D eigenvalue weighted by Gasteiger charge is -2.41. The number of nitrogens with one attached hydrogen (secondary N) is 1. The Bertz CT molecular complexity index is 410. The third kappa shape index (κ3) is 2.86. The number of pyridine rings is 1. The smallest absolute Gasteiger partial charge is 0.269 e. The average Bonchev–Trinajstić information content (AvgIpc) is 2.28. The van der Waals surface area contributed by atoms with E-state index in [1.54, 1.807) is 6.07 Å². The number of carbonyl (C=O) groups is 1. The molecule has 1 aromatic rings. The van der Waals surface area contributed by atoms with Crippen molar-refractivity contribution in [3.8, 4) is 0 Å². The summed E-state index contributed by atoms with van der Waals surface area (Å²) >= 11 is 3.27. The highest BCUT2D eigenvalue weighted by molar-refractivity contribution is 9.10. The summed E-state index contributed by atoms with van der Waals surface area (Å²) < 4.78 is 0.694. The highest BCUT2D eigenvalue weighted by atomic mass is 79.9. The van der Waals surface area contributed by atoms with Crippen LogP contribution in [0.15, 0.2) is 22.8 Å². The molecule has 0 unspecified atom stereocenters. The molecule has 92 valence electrons. The van der Waals surface area contributed by atoms with Crippen LogP contribution in [0.4, 0.5) is 0 Å². The molecule has 0 atom stereocenters. The van der Waals surface area contributed by atoms with Crippen LogP contribution in [0.1, 0.15) is 43.1 Å². The second-order valence-electron chi connectivity index (χ2n) is 4.74. The van der Waals surface area contributed by atoms with Crippen molar-refractivity contribution in [2.75, 3.05) is 6.54 Å². The fraction of sp³-hybridized carbons (Fsp3) is 0.538. The summed E-state index contributed by atoms with van der Waals surface area (Å²) in [6, 6.07) is 5.38. The molecular formula is C13H17BrN2O. The van der Waals surface area contributed by atoms with Gasteiger partial charge in [0.1, 0.15) is 10.3 Å². The van der Waals surface area contributed by atoms with Crippen molar-refractivity contribution in [1.82, 2.24) is 10.3 Å². The van der Waals surface area contributed by atoms with Crippen LogP contribution in [-0.4, -0.2) is 17.4 Å². The lowest BCUT2D eigenvalue weighted by molar-refractivity contribution is 0.0845. The van der Waals surface area contributed by atoms with Crippen molar-refractivity contribution >= 4 is 21.8 Å². The zero-order chi connectivity index (χ0) is 12.3. The minimum atomic E-state index is -0.0778. The van der Waals surface area contributed by atoms with Gasteiger partial charge in [-0.25, -0.2) is 4.98 Å². The number of halogens is 1. The molecule has 0 bridgehead atoms. The molecular weight excluding hydrogens is 280 g/mol. The van der Waals surface area contributed by atoms with Gasteiger partial charge in [0, 0.05) is 6.54 Å². The maximum atomic E-state index is 11.9. The van der Waals surface area contributed by atoms with Gasteiger partial charge in [0.2, 0.25) is 0 Å². The largest absolute Gasteiger partial charge is 0.350 e. The van der Waals surface area contributed by atoms with Crippen molar-refractivity contribution in [2.24, 2.45) is 5.41 Å². The highest BCUT2D eigenvalue weighted by Crippen LogP contribution is 2.43. The number of hydrogen-bond acceptors (Lipinski definition) is 2. The van der Waals surface area contributed by atoms with Gasteiger partial charge in [-0.05, 0) is 52.7 Å². The summed E-state index contributed by atoms with van der Waals surface area (Å²) in [6.45, 7) is 2.97. The fourth-order valence-corrected chi connectivity index (χ4v) is 2.57. The average molecular weight is 297 g/mol. The minimum absolute atomic E-state index is 0.0778. The van der Waals surface area contributed by atoms with Gasteiger partial charge in [-0.1, -0.05) is 19.4 Å². The number of amides is 1. The number of rotatable bonds is 4. The predicted molar refractivity (Wildman–Crippen MR) is 70.8 cm³/mol. The molecule has 0 spiro atoms. The van der Waals surface area contributed by atoms with Crippen LogP contribution in [-0.2, 0) is 0 Å². The maximum absolute atomic E-state index is 11.9. The Morgan fingerprint density at radius 3 is 2.82 bits per heavy atom. The lowest BCUT2D eigenvalue weighted by Crippen LogP contribution is -2.41. The first-order chi connectivity index (χ1) is 8.15. The molecule has 0 aliphatic heterocycles. The van der Waals surface area contributed by atoms with Crippen molar-refractivity contribution in [2.45, 2.75) is 32.6 Å². The van der Waals surface area contributed by atoms with E-state index >= 15 is 0 Å². The summed E-state index contributed by atoms with van der Waals surface area (Å²) in [7, 11) is 0. The van der Waals surface area contributed by atoms with Crippen LogP contribution in [0.5, 0.6) is 0 Å². The minimum Gasteiger partial charge on any atom is -0.350 e. The Morgan fingerprint density at radius 1 is 1.53 bits per heavy atom. The van der Waals surface area contributed by atoms with Gasteiger partial charge in [0.15, 0.2) is 0 Å². The van der Waals surface area contributed by atoms with E-state index in [0.29, 0.717) is 15.7 Å².